The lowest BCUT2D eigenvalue weighted by atomic mass is 10.0. The zero-order valence-corrected chi connectivity index (χ0v) is 14.0. The normalized spacial score (nSPS) is 19.2. The summed E-state index contributed by atoms with van der Waals surface area (Å²) in [7, 11) is 1.71. The van der Waals surface area contributed by atoms with Crippen LogP contribution < -0.4 is 4.90 Å². The van der Waals surface area contributed by atoms with E-state index in [1.165, 1.54) is 0 Å². The molecule has 0 saturated carbocycles. The number of hydrogen-bond donors (Lipinski definition) is 0. The molecule has 1 aliphatic heterocycles. The smallest absolute Gasteiger partial charge is 0.249 e. The highest BCUT2D eigenvalue weighted by molar-refractivity contribution is 6.00. The molecule has 2 heterocycles. The zero-order chi connectivity index (χ0) is 17.1. The summed E-state index contributed by atoms with van der Waals surface area (Å²) < 4.78 is 1.61. The Morgan fingerprint density at radius 1 is 1.29 bits per heavy atom. The zero-order valence-electron chi connectivity index (χ0n) is 14.0. The molecule has 2 atom stereocenters. The van der Waals surface area contributed by atoms with Crippen LogP contribution in [-0.4, -0.2) is 46.1 Å². The summed E-state index contributed by atoms with van der Waals surface area (Å²) in [6.07, 6.45) is 4.97. The second kappa shape index (κ2) is 6.86. The van der Waals surface area contributed by atoms with E-state index in [0.717, 1.165) is 12.1 Å². The number of aromatic nitrogens is 2. The van der Waals surface area contributed by atoms with E-state index in [4.69, 9.17) is 0 Å². The molecule has 126 valence electrons. The Balaban J connectivity index is 1.75. The topological polar surface area (TPSA) is 58.4 Å². The highest BCUT2D eigenvalue weighted by Gasteiger charge is 2.36. The van der Waals surface area contributed by atoms with Crippen LogP contribution in [0.5, 0.6) is 0 Å². The van der Waals surface area contributed by atoms with Gasteiger partial charge in [-0.3, -0.25) is 14.3 Å². The number of likely N-dealkylation sites (N-methyl/N-ethyl adjacent to an activating group) is 1. The number of para-hydroxylation sites is 1. The maximum absolute atomic E-state index is 12.9. The third-order valence-electron chi connectivity index (χ3n) is 4.57. The highest BCUT2D eigenvalue weighted by Crippen LogP contribution is 2.24. The van der Waals surface area contributed by atoms with Crippen LogP contribution >= 0.6 is 0 Å². The molecule has 0 spiro atoms. The quantitative estimate of drug-likeness (QED) is 0.864. The van der Waals surface area contributed by atoms with Gasteiger partial charge >= 0.3 is 0 Å². The highest BCUT2D eigenvalue weighted by atomic mass is 16.2. The Bertz CT molecular complexity index is 699. The van der Waals surface area contributed by atoms with E-state index in [2.05, 4.69) is 5.10 Å². The third-order valence-corrected chi connectivity index (χ3v) is 4.57. The van der Waals surface area contributed by atoms with Crippen molar-refractivity contribution in [1.29, 1.82) is 0 Å². The summed E-state index contributed by atoms with van der Waals surface area (Å²) in [4.78, 5) is 29.0. The van der Waals surface area contributed by atoms with E-state index in [1.807, 2.05) is 30.3 Å². The van der Waals surface area contributed by atoms with Crippen molar-refractivity contribution in [1.82, 2.24) is 14.7 Å². The van der Waals surface area contributed by atoms with Crippen molar-refractivity contribution < 1.29 is 9.59 Å². The molecule has 2 aromatic rings. The number of piperidine rings is 1. The first kappa shape index (κ1) is 16.2. The first-order valence-corrected chi connectivity index (χ1v) is 8.22. The number of anilines is 1. The molecule has 1 aromatic carbocycles. The summed E-state index contributed by atoms with van der Waals surface area (Å²) in [5, 5.41) is 4.12. The van der Waals surface area contributed by atoms with Crippen molar-refractivity contribution in [2.45, 2.75) is 31.8 Å². The van der Waals surface area contributed by atoms with E-state index in [1.54, 1.807) is 46.9 Å². The van der Waals surface area contributed by atoms with Crippen molar-refractivity contribution in [3.63, 3.8) is 0 Å². The summed E-state index contributed by atoms with van der Waals surface area (Å²) in [6, 6.07) is 10.5. The van der Waals surface area contributed by atoms with Crippen LogP contribution in [0.3, 0.4) is 0 Å². The van der Waals surface area contributed by atoms with Crippen LogP contribution in [0.25, 0.3) is 0 Å². The van der Waals surface area contributed by atoms with Gasteiger partial charge in [0.25, 0.3) is 0 Å². The second-order valence-electron chi connectivity index (χ2n) is 6.09. The molecule has 0 radical (unpaired) electrons. The molecule has 2 amide bonds. The molecule has 1 aromatic heterocycles. The third kappa shape index (κ3) is 3.04. The van der Waals surface area contributed by atoms with Gasteiger partial charge in [-0.15, -0.1) is 0 Å². The van der Waals surface area contributed by atoms with Gasteiger partial charge in [0.05, 0.1) is 0 Å². The van der Waals surface area contributed by atoms with Crippen molar-refractivity contribution in [3.8, 4) is 0 Å². The lowest BCUT2D eigenvalue weighted by Crippen LogP contribution is -2.54. The molecule has 1 aliphatic rings. The summed E-state index contributed by atoms with van der Waals surface area (Å²) in [6.45, 7) is 2.49. The minimum Gasteiger partial charge on any atom is -0.332 e. The molecule has 1 fully saturated rings. The predicted octanol–water partition coefficient (Wildman–Crippen LogP) is 2.10. The van der Waals surface area contributed by atoms with Gasteiger partial charge < -0.3 is 9.80 Å². The Kier molecular flexibility index (Phi) is 4.64. The number of nitrogens with zero attached hydrogens (tertiary/aromatic N) is 4. The van der Waals surface area contributed by atoms with E-state index >= 15 is 0 Å². The van der Waals surface area contributed by atoms with Crippen LogP contribution in [0.1, 0.15) is 25.8 Å². The van der Waals surface area contributed by atoms with Crippen molar-refractivity contribution in [2.75, 3.05) is 18.5 Å². The summed E-state index contributed by atoms with van der Waals surface area (Å²) >= 11 is 0. The van der Waals surface area contributed by atoms with Crippen LogP contribution in [-0.2, 0) is 9.59 Å². The van der Waals surface area contributed by atoms with E-state index < -0.39 is 12.1 Å². The largest absolute Gasteiger partial charge is 0.332 e. The minimum atomic E-state index is -0.426. The molecule has 0 aliphatic carbocycles. The van der Waals surface area contributed by atoms with Gasteiger partial charge in [-0.05, 0) is 38.0 Å². The van der Waals surface area contributed by atoms with Crippen molar-refractivity contribution in [3.05, 3.63) is 48.8 Å². The van der Waals surface area contributed by atoms with Crippen LogP contribution in [0.15, 0.2) is 48.8 Å². The molecule has 0 N–H and O–H groups in total. The van der Waals surface area contributed by atoms with E-state index in [0.29, 0.717) is 13.0 Å². The van der Waals surface area contributed by atoms with Gasteiger partial charge in [0, 0.05) is 31.7 Å². The number of benzene rings is 1. The molecule has 0 unspecified atom stereocenters. The van der Waals surface area contributed by atoms with Crippen LogP contribution in [0.4, 0.5) is 5.69 Å². The molecule has 6 nitrogen and oxygen atoms in total. The van der Waals surface area contributed by atoms with Gasteiger partial charge in [-0.2, -0.15) is 5.10 Å². The molecular formula is C18H22N4O2. The first-order chi connectivity index (χ1) is 11.6. The molecule has 3 rings (SSSR count). The molecule has 6 heteroatoms. The van der Waals surface area contributed by atoms with Crippen LogP contribution in [0, 0.1) is 0 Å². The van der Waals surface area contributed by atoms with E-state index in [9.17, 15) is 9.59 Å². The standard InChI is InChI=1S/C18H22N4O2/c1-14(22-13-7-11-19-22)17(23)20(2)16-10-6-12-21(18(16)24)15-8-4-3-5-9-15/h3-5,7-9,11,13-14,16H,6,10,12H2,1-2H3/t14-,16+/m1/s1. The lowest BCUT2D eigenvalue weighted by molar-refractivity contribution is -0.141. The number of carbonyl (C=O) groups excluding carboxylic acids is 2. The van der Waals surface area contributed by atoms with Crippen molar-refractivity contribution >= 4 is 17.5 Å². The number of carbonyl (C=O) groups is 2. The Morgan fingerprint density at radius 2 is 2.04 bits per heavy atom. The Morgan fingerprint density at radius 3 is 2.71 bits per heavy atom. The van der Waals surface area contributed by atoms with Gasteiger partial charge in [0.15, 0.2) is 0 Å². The SMILES string of the molecule is C[C@H](C(=O)N(C)[C@H]1CCCN(c2ccccc2)C1=O)n1cccn1. The second-order valence-corrected chi connectivity index (χ2v) is 6.09. The summed E-state index contributed by atoms with van der Waals surface area (Å²) in [5.41, 5.74) is 0.883. The summed E-state index contributed by atoms with van der Waals surface area (Å²) in [5.74, 6) is -0.122. The minimum absolute atomic E-state index is 0.0176. The fraction of sp³-hybridized carbons (Fsp3) is 0.389. The first-order valence-electron chi connectivity index (χ1n) is 8.22. The van der Waals surface area contributed by atoms with E-state index in [-0.39, 0.29) is 11.8 Å². The van der Waals surface area contributed by atoms with Gasteiger partial charge in [-0.1, -0.05) is 18.2 Å². The molecule has 1 saturated heterocycles. The monoisotopic (exact) mass is 326 g/mol. The van der Waals surface area contributed by atoms with Gasteiger partial charge in [0.1, 0.15) is 12.1 Å². The fourth-order valence-electron chi connectivity index (χ4n) is 3.15. The maximum Gasteiger partial charge on any atom is 0.249 e. The molecular weight excluding hydrogens is 304 g/mol. The Labute approximate surface area is 141 Å². The maximum atomic E-state index is 12.9. The van der Waals surface area contributed by atoms with Crippen molar-refractivity contribution in [2.24, 2.45) is 0 Å². The predicted molar refractivity (Wildman–Crippen MR) is 91.5 cm³/mol. The number of hydrogen-bond acceptors (Lipinski definition) is 3. The average Bonchev–Trinajstić information content (AvgIpc) is 3.15. The molecule has 0 bridgehead atoms. The average molecular weight is 326 g/mol. The molecule has 24 heavy (non-hydrogen) atoms. The Hall–Kier alpha value is -2.63. The number of amides is 2. The fourth-order valence-corrected chi connectivity index (χ4v) is 3.15. The van der Waals surface area contributed by atoms with Gasteiger partial charge in [-0.25, -0.2) is 0 Å². The van der Waals surface area contributed by atoms with Gasteiger partial charge in [0.2, 0.25) is 11.8 Å². The lowest BCUT2D eigenvalue weighted by Gasteiger charge is -2.37. The van der Waals surface area contributed by atoms with Crippen LogP contribution in [0.2, 0.25) is 0 Å². The number of rotatable bonds is 4.